The number of hydrogen-bond acceptors (Lipinski definition) is 6. The zero-order valence-corrected chi connectivity index (χ0v) is 23.5. The molecular weight excluding hydrogens is 522 g/mol. The Morgan fingerprint density at radius 1 is 0.902 bits per heavy atom. The number of carbonyl (C=O) groups is 3. The number of likely N-dealkylation sites (N-methyl/N-ethyl adjacent to an activating group) is 1. The van der Waals surface area contributed by atoms with Gasteiger partial charge in [0.25, 0.3) is 0 Å². The number of ether oxygens (including phenoxy) is 2. The number of carbonyl (C=O) groups excluding carboxylic acids is 3. The number of rotatable bonds is 8. The van der Waals surface area contributed by atoms with Gasteiger partial charge in [-0.3, -0.25) is 9.59 Å². The number of benzene rings is 3. The summed E-state index contributed by atoms with van der Waals surface area (Å²) in [6.45, 7) is 0.913. The summed E-state index contributed by atoms with van der Waals surface area (Å²) in [5.74, 6) is 0.872. The molecule has 0 spiro atoms. The van der Waals surface area contributed by atoms with Crippen LogP contribution in [0.15, 0.2) is 78.9 Å². The summed E-state index contributed by atoms with van der Waals surface area (Å²) in [5.41, 5.74) is 2.65. The van der Waals surface area contributed by atoms with E-state index in [0.717, 1.165) is 11.1 Å². The number of fused-ring (bicyclic) bond motifs is 1. The molecule has 10 heteroatoms. The zero-order valence-electron chi connectivity index (χ0n) is 23.5. The summed E-state index contributed by atoms with van der Waals surface area (Å²) in [6.07, 6.45) is -0.116. The first kappa shape index (κ1) is 28.0. The lowest BCUT2D eigenvalue weighted by molar-refractivity contribution is -0.187. The maximum Gasteiger partial charge on any atom is 0.334 e. The minimum absolute atomic E-state index is 0.0164. The largest absolute Gasteiger partial charge is 0.493 e. The maximum atomic E-state index is 14.0. The van der Waals surface area contributed by atoms with Crippen LogP contribution in [0.4, 0.5) is 4.79 Å². The molecule has 4 amide bonds. The second kappa shape index (κ2) is 12.3. The molecule has 3 aromatic rings. The van der Waals surface area contributed by atoms with E-state index in [-0.39, 0.29) is 30.9 Å². The molecule has 2 saturated heterocycles. The Morgan fingerprint density at radius 2 is 1.59 bits per heavy atom. The molecule has 0 aliphatic carbocycles. The van der Waals surface area contributed by atoms with Crippen molar-refractivity contribution in [1.82, 2.24) is 25.1 Å². The topological polar surface area (TPSA) is 94.7 Å². The quantitative estimate of drug-likeness (QED) is 0.458. The third kappa shape index (κ3) is 5.83. The fraction of sp³-hybridized carbons (Fsp3) is 0.323. The summed E-state index contributed by atoms with van der Waals surface area (Å²) in [4.78, 5) is 44.4. The lowest BCUT2D eigenvalue weighted by Crippen LogP contribution is -2.73. The Bertz CT molecular complexity index is 1390. The van der Waals surface area contributed by atoms with Crippen LogP contribution in [0.2, 0.25) is 0 Å². The molecule has 0 bridgehead atoms. The van der Waals surface area contributed by atoms with Gasteiger partial charge in [0.2, 0.25) is 11.8 Å². The Morgan fingerprint density at radius 3 is 2.27 bits per heavy atom. The van der Waals surface area contributed by atoms with E-state index in [1.54, 1.807) is 41.1 Å². The summed E-state index contributed by atoms with van der Waals surface area (Å²) in [7, 11) is 4.89. The van der Waals surface area contributed by atoms with Gasteiger partial charge in [-0.15, -0.1) is 0 Å². The molecule has 1 N–H and O–H groups in total. The average Bonchev–Trinajstić information content (AvgIpc) is 3.00. The fourth-order valence-electron chi connectivity index (χ4n) is 5.51. The average molecular weight is 558 g/mol. The van der Waals surface area contributed by atoms with Crippen molar-refractivity contribution >= 4 is 17.8 Å². The van der Waals surface area contributed by atoms with Gasteiger partial charge >= 0.3 is 6.03 Å². The van der Waals surface area contributed by atoms with E-state index < -0.39 is 12.2 Å². The van der Waals surface area contributed by atoms with Crippen molar-refractivity contribution < 1.29 is 23.9 Å². The lowest BCUT2D eigenvalue weighted by atomic mass is 9.98. The lowest BCUT2D eigenvalue weighted by Gasteiger charge is -2.54. The molecule has 5 rings (SSSR count). The van der Waals surface area contributed by atoms with E-state index in [4.69, 9.17) is 9.47 Å². The van der Waals surface area contributed by atoms with Crippen LogP contribution in [0, 0.1) is 0 Å². The molecule has 2 aliphatic rings. The highest BCUT2D eigenvalue weighted by atomic mass is 16.5. The predicted octanol–water partition coefficient (Wildman–Crippen LogP) is 3.06. The number of nitrogens with zero attached hydrogens (tertiary/aromatic N) is 4. The van der Waals surface area contributed by atoms with Gasteiger partial charge in [0.15, 0.2) is 11.5 Å². The fourth-order valence-corrected chi connectivity index (χ4v) is 5.51. The van der Waals surface area contributed by atoms with Crippen molar-refractivity contribution in [3.05, 3.63) is 95.6 Å². The minimum Gasteiger partial charge on any atom is -0.493 e. The van der Waals surface area contributed by atoms with Crippen LogP contribution in [0.5, 0.6) is 11.5 Å². The van der Waals surface area contributed by atoms with E-state index in [1.165, 1.54) is 0 Å². The molecule has 2 heterocycles. The predicted molar refractivity (Wildman–Crippen MR) is 153 cm³/mol. The number of hydrazine groups is 1. The Hall–Kier alpha value is -4.57. The highest BCUT2D eigenvalue weighted by molar-refractivity contribution is 5.92. The first-order valence-corrected chi connectivity index (χ1v) is 13.6. The number of urea groups is 1. The van der Waals surface area contributed by atoms with Crippen LogP contribution in [0.1, 0.15) is 22.7 Å². The SMILES string of the molecule is COc1ccc(CCN2C[C@H]3N(C(=O)CN(C)N3C(=O)NCc3ccccc3)[C@@H](c3ccccc3)C2=O)cc1OC. The molecule has 2 aliphatic heterocycles. The third-order valence-corrected chi connectivity index (χ3v) is 7.56. The first-order chi connectivity index (χ1) is 19.9. The van der Waals surface area contributed by atoms with E-state index in [0.29, 0.717) is 36.6 Å². The molecule has 41 heavy (non-hydrogen) atoms. The van der Waals surface area contributed by atoms with Crippen molar-refractivity contribution in [2.24, 2.45) is 0 Å². The Kier molecular flexibility index (Phi) is 8.39. The normalized spacial score (nSPS) is 19.1. The Labute approximate surface area is 240 Å². The minimum atomic E-state index is -0.842. The van der Waals surface area contributed by atoms with Crippen molar-refractivity contribution in [1.29, 1.82) is 0 Å². The van der Waals surface area contributed by atoms with E-state index in [2.05, 4.69) is 5.32 Å². The molecule has 2 atom stereocenters. The van der Waals surface area contributed by atoms with Gasteiger partial charge in [0.1, 0.15) is 12.2 Å². The van der Waals surface area contributed by atoms with Gasteiger partial charge in [-0.05, 0) is 35.2 Å². The van der Waals surface area contributed by atoms with Gasteiger partial charge in [0, 0.05) is 20.1 Å². The van der Waals surface area contributed by atoms with Crippen LogP contribution < -0.4 is 14.8 Å². The number of nitrogens with one attached hydrogen (secondary N) is 1. The molecular formula is C31H35N5O5. The van der Waals surface area contributed by atoms with Gasteiger partial charge in [0.05, 0.1) is 27.3 Å². The van der Waals surface area contributed by atoms with Crippen LogP contribution in [0.3, 0.4) is 0 Å². The van der Waals surface area contributed by atoms with Crippen LogP contribution in [0.25, 0.3) is 0 Å². The molecule has 0 aromatic heterocycles. The molecule has 0 radical (unpaired) electrons. The monoisotopic (exact) mass is 557 g/mol. The van der Waals surface area contributed by atoms with E-state index >= 15 is 0 Å². The number of hydrogen-bond donors (Lipinski definition) is 1. The van der Waals surface area contributed by atoms with Crippen molar-refractivity contribution in [2.75, 3.05) is 40.9 Å². The van der Waals surface area contributed by atoms with E-state index in [9.17, 15) is 14.4 Å². The standard InChI is InChI=1S/C31H35N5O5/c1-33-21-28(37)35-27(36(33)31(39)32-19-23-10-6-4-7-11-23)20-34(30(38)29(35)24-12-8-5-9-13-24)17-16-22-14-15-25(40-2)26(18-22)41-3/h4-15,18,27,29H,16-17,19-21H2,1-3H3,(H,32,39)/t27-,29-/m0/s1. The first-order valence-electron chi connectivity index (χ1n) is 13.6. The van der Waals surface area contributed by atoms with Crippen LogP contribution in [-0.4, -0.2) is 84.7 Å². The molecule has 3 aromatic carbocycles. The highest BCUT2D eigenvalue weighted by Crippen LogP contribution is 2.35. The molecule has 2 fully saturated rings. The highest BCUT2D eigenvalue weighted by Gasteiger charge is 2.51. The zero-order chi connectivity index (χ0) is 28.9. The third-order valence-electron chi connectivity index (χ3n) is 7.56. The molecule has 214 valence electrons. The molecule has 0 unspecified atom stereocenters. The van der Waals surface area contributed by atoms with Gasteiger partial charge in [-0.2, -0.15) is 0 Å². The summed E-state index contributed by atoms with van der Waals surface area (Å²) < 4.78 is 10.8. The van der Waals surface area contributed by atoms with Gasteiger partial charge in [-0.1, -0.05) is 66.7 Å². The summed E-state index contributed by atoms with van der Waals surface area (Å²) in [6, 6.07) is 23.4. The smallest absolute Gasteiger partial charge is 0.334 e. The number of piperazine rings is 1. The van der Waals surface area contributed by atoms with Gasteiger partial charge < -0.3 is 24.6 Å². The molecule has 10 nitrogen and oxygen atoms in total. The summed E-state index contributed by atoms with van der Waals surface area (Å²) in [5, 5.41) is 6.19. The van der Waals surface area contributed by atoms with Crippen molar-refractivity contribution in [2.45, 2.75) is 25.2 Å². The maximum absolute atomic E-state index is 14.0. The second-order valence-corrected chi connectivity index (χ2v) is 10.1. The number of amides is 4. The van der Waals surface area contributed by atoms with Crippen molar-refractivity contribution in [3.8, 4) is 11.5 Å². The number of methoxy groups -OCH3 is 2. The van der Waals surface area contributed by atoms with Gasteiger partial charge in [-0.25, -0.2) is 14.8 Å². The van der Waals surface area contributed by atoms with E-state index in [1.807, 2.05) is 78.9 Å². The Balaban J connectivity index is 1.43. The van der Waals surface area contributed by atoms with Crippen molar-refractivity contribution in [3.63, 3.8) is 0 Å². The second-order valence-electron chi connectivity index (χ2n) is 10.1. The van der Waals surface area contributed by atoms with Crippen LogP contribution >= 0.6 is 0 Å². The van der Waals surface area contributed by atoms with Crippen LogP contribution in [-0.2, 0) is 22.6 Å². The summed E-state index contributed by atoms with van der Waals surface area (Å²) >= 11 is 0. The molecule has 0 saturated carbocycles.